The van der Waals surface area contributed by atoms with Crippen molar-refractivity contribution in [2.45, 2.75) is 98.3 Å². The molecule has 21 heavy (non-hydrogen) atoms. The third-order valence-electron chi connectivity index (χ3n) is 4.87. The smallest absolute Gasteiger partial charge is 0.303 e. The molecule has 126 valence electrons. The summed E-state index contributed by atoms with van der Waals surface area (Å²) in [6.07, 6.45) is 13.7. The van der Waals surface area contributed by atoms with Gasteiger partial charge in [-0.15, -0.1) is 0 Å². The molecule has 0 heterocycles. The Hall–Kier alpha value is -0.530. The standard InChI is InChI=1S/C19H38O2/c1-5-6-7-8-9-10-12-16(2)13-11-14-17(3)18(4)15-19(20)21/h16-18H,5-15H2,1-4H3,(H,20,21)/t16-,17-,18+/m1/s1. The van der Waals surface area contributed by atoms with Crippen LogP contribution in [-0.2, 0) is 4.79 Å². The Bertz CT molecular complexity index is 250. The summed E-state index contributed by atoms with van der Waals surface area (Å²) in [5, 5.41) is 8.82. The van der Waals surface area contributed by atoms with Crippen molar-refractivity contribution in [2.75, 3.05) is 0 Å². The molecule has 0 rings (SSSR count). The first-order valence-electron chi connectivity index (χ1n) is 9.19. The number of aliphatic carboxylic acids is 1. The topological polar surface area (TPSA) is 37.3 Å². The number of carboxylic acid groups (broad SMARTS) is 1. The van der Waals surface area contributed by atoms with E-state index in [2.05, 4.69) is 27.7 Å². The van der Waals surface area contributed by atoms with Crippen molar-refractivity contribution in [2.24, 2.45) is 17.8 Å². The van der Waals surface area contributed by atoms with E-state index in [1.165, 1.54) is 64.2 Å². The number of carbonyl (C=O) groups is 1. The summed E-state index contributed by atoms with van der Waals surface area (Å²) < 4.78 is 0. The first-order valence-corrected chi connectivity index (χ1v) is 9.19. The first kappa shape index (κ1) is 20.5. The highest BCUT2D eigenvalue weighted by Crippen LogP contribution is 2.23. The van der Waals surface area contributed by atoms with Gasteiger partial charge in [-0.25, -0.2) is 0 Å². The highest BCUT2D eigenvalue weighted by atomic mass is 16.4. The van der Waals surface area contributed by atoms with Crippen LogP contribution in [0.3, 0.4) is 0 Å². The summed E-state index contributed by atoms with van der Waals surface area (Å²) in [4.78, 5) is 10.7. The van der Waals surface area contributed by atoms with Gasteiger partial charge in [-0.1, -0.05) is 91.9 Å². The summed E-state index contributed by atoms with van der Waals surface area (Å²) in [7, 11) is 0. The van der Waals surface area contributed by atoms with Crippen molar-refractivity contribution >= 4 is 5.97 Å². The van der Waals surface area contributed by atoms with Crippen LogP contribution in [0.15, 0.2) is 0 Å². The quantitative estimate of drug-likeness (QED) is 0.383. The lowest BCUT2D eigenvalue weighted by Crippen LogP contribution is -2.13. The van der Waals surface area contributed by atoms with Crippen LogP contribution in [0, 0.1) is 17.8 Å². The van der Waals surface area contributed by atoms with Crippen LogP contribution in [0.1, 0.15) is 98.3 Å². The van der Waals surface area contributed by atoms with Crippen LogP contribution >= 0.6 is 0 Å². The normalized spacial score (nSPS) is 15.6. The van der Waals surface area contributed by atoms with Gasteiger partial charge in [0.25, 0.3) is 0 Å². The minimum atomic E-state index is -0.661. The summed E-state index contributed by atoms with van der Waals surface area (Å²) in [5.41, 5.74) is 0. The van der Waals surface area contributed by atoms with Crippen molar-refractivity contribution in [3.05, 3.63) is 0 Å². The monoisotopic (exact) mass is 298 g/mol. The third-order valence-corrected chi connectivity index (χ3v) is 4.87. The van der Waals surface area contributed by atoms with Gasteiger partial charge in [0.05, 0.1) is 0 Å². The molecule has 0 radical (unpaired) electrons. The van der Waals surface area contributed by atoms with E-state index >= 15 is 0 Å². The maximum Gasteiger partial charge on any atom is 0.303 e. The van der Waals surface area contributed by atoms with E-state index in [0.717, 1.165) is 5.92 Å². The second kappa shape index (κ2) is 13.2. The maximum absolute atomic E-state index is 10.7. The molecule has 0 aliphatic rings. The Labute approximate surface area is 132 Å². The molecule has 0 saturated heterocycles. The molecule has 3 atom stereocenters. The summed E-state index contributed by atoms with van der Waals surface area (Å²) in [5.74, 6) is 1.00. The van der Waals surface area contributed by atoms with E-state index in [-0.39, 0.29) is 0 Å². The van der Waals surface area contributed by atoms with Crippen molar-refractivity contribution < 1.29 is 9.90 Å². The zero-order chi connectivity index (χ0) is 16.1. The minimum absolute atomic E-state index is 0.302. The molecule has 0 spiro atoms. The van der Waals surface area contributed by atoms with Gasteiger partial charge in [-0.2, -0.15) is 0 Å². The Balaban J connectivity index is 3.51. The average Bonchev–Trinajstić information content (AvgIpc) is 2.41. The van der Waals surface area contributed by atoms with Crippen LogP contribution in [0.4, 0.5) is 0 Å². The molecule has 0 aromatic carbocycles. The summed E-state index contributed by atoms with van der Waals surface area (Å²) >= 11 is 0. The van der Waals surface area contributed by atoms with Crippen LogP contribution in [0.25, 0.3) is 0 Å². The molecule has 0 aromatic heterocycles. The van der Waals surface area contributed by atoms with Gasteiger partial charge in [-0.3, -0.25) is 4.79 Å². The number of hydrogen-bond donors (Lipinski definition) is 1. The Morgan fingerprint density at radius 2 is 1.38 bits per heavy atom. The number of carboxylic acids is 1. The second-order valence-electron chi connectivity index (χ2n) is 7.14. The van der Waals surface area contributed by atoms with Crippen molar-refractivity contribution in [1.29, 1.82) is 0 Å². The predicted molar refractivity (Wildman–Crippen MR) is 91.6 cm³/mol. The number of rotatable bonds is 14. The molecule has 0 bridgehead atoms. The highest BCUT2D eigenvalue weighted by molar-refractivity contribution is 5.66. The van der Waals surface area contributed by atoms with Gasteiger partial charge >= 0.3 is 5.97 Å². The van der Waals surface area contributed by atoms with E-state index < -0.39 is 5.97 Å². The zero-order valence-electron chi connectivity index (χ0n) is 14.9. The lowest BCUT2D eigenvalue weighted by atomic mass is 9.87. The fraction of sp³-hybridized carbons (Fsp3) is 0.947. The predicted octanol–water partition coefficient (Wildman–Crippen LogP) is 6.29. The lowest BCUT2D eigenvalue weighted by Gasteiger charge is -2.19. The zero-order valence-corrected chi connectivity index (χ0v) is 14.9. The van der Waals surface area contributed by atoms with E-state index in [1.54, 1.807) is 0 Å². The van der Waals surface area contributed by atoms with E-state index in [1.807, 2.05) is 0 Å². The van der Waals surface area contributed by atoms with Crippen molar-refractivity contribution in [3.63, 3.8) is 0 Å². The van der Waals surface area contributed by atoms with Crippen LogP contribution in [0.2, 0.25) is 0 Å². The van der Waals surface area contributed by atoms with E-state index in [0.29, 0.717) is 18.3 Å². The summed E-state index contributed by atoms with van der Waals surface area (Å²) in [6, 6.07) is 0. The molecule has 1 N–H and O–H groups in total. The first-order chi connectivity index (χ1) is 9.97. The van der Waals surface area contributed by atoms with Crippen molar-refractivity contribution in [3.8, 4) is 0 Å². The van der Waals surface area contributed by atoms with Crippen LogP contribution in [-0.4, -0.2) is 11.1 Å². The van der Waals surface area contributed by atoms with Gasteiger partial charge < -0.3 is 5.11 Å². The Kier molecular flexibility index (Phi) is 12.8. The lowest BCUT2D eigenvalue weighted by molar-refractivity contribution is -0.138. The SMILES string of the molecule is CCCCCCCC[C@@H](C)CCC[C@@H](C)[C@@H](C)CC(=O)O. The number of unbranched alkanes of at least 4 members (excludes halogenated alkanes) is 5. The molecule has 0 aliphatic carbocycles. The van der Waals surface area contributed by atoms with Gasteiger partial charge in [0.1, 0.15) is 0 Å². The Morgan fingerprint density at radius 1 is 0.810 bits per heavy atom. The average molecular weight is 299 g/mol. The molecule has 2 nitrogen and oxygen atoms in total. The van der Waals surface area contributed by atoms with Gasteiger partial charge in [-0.05, 0) is 17.8 Å². The molecule has 0 fully saturated rings. The summed E-state index contributed by atoms with van der Waals surface area (Å²) in [6.45, 7) is 8.91. The molecule has 0 aromatic rings. The third kappa shape index (κ3) is 12.9. The molecule has 0 aliphatic heterocycles. The molecule has 2 heteroatoms. The van der Waals surface area contributed by atoms with Crippen LogP contribution in [0.5, 0.6) is 0 Å². The fourth-order valence-electron chi connectivity index (χ4n) is 2.97. The maximum atomic E-state index is 10.7. The molecular formula is C19H38O2. The second-order valence-corrected chi connectivity index (χ2v) is 7.14. The van der Waals surface area contributed by atoms with Gasteiger partial charge in [0.15, 0.2) is 0 Å². The largest absolute Gasteiger partial charge is 0.481 e. The molecular weight excluding hydrogens is 260 g/mol. The highest BCUT2D eigenvalue weighted by Gasteiger charge is 2.15. The number of hydrogen-bond acceptors (Lipinski definition) is 1. The van der Waals surface area contributed by atoms with E-state index in [9.17, 15) is 4.79 Å². The van der Waals surface area contributed by atoms with Gasteiger partial charge in [0.2, 0.25) is 0 Å². The van der Waals surface area contributed by atoms with Gasteiger partial charge in [0, 0.05) is 6.42 Å². The minimum Gasteiger partial charge on any atom is -0.481 e. The molecule has 0 saturated carbocycles. The fourth-order valence-corrected chi connectivity index (χ4v) is 2.97. The van der Waals surface area contributed by atoms with E-state index in [4.69, 9.17) is 5.11 Å². The molecule has 0 unspecified atom stereocenters. The van der Waals surface area contributed by atoms with Crippen molar-refractivity contribution in [1.82, 2.24) is 0 Å². The Morgan fingerprint density at radius 3 is 2.00 bits per heavy atom. The van der Waals surface area contributed by atoms with Crippen LogP contribution < -0.4 is 0 Å². The molecule has 0 amide bonds.